The summed E-state index contributed by atoms with van der Waals surface area (Å²) in [7, 11) is 0. The molecule has 0 fully saturated rings. The molecule has 0 aliphatic heterocycles. The summed E-state index contributed by atoms with van der Waals surface area (Å²) in [4.78, 5) is 16.6. The molecule has 0 bridgehead atoms. The summed E-state index contributed by atoms with van der Waals surface area (Å²) in [6, 6.07) is 11.0. The molecule has 0 atom stereocenters. The maximum absolute atomic E-state index is 13.9. The number of hydrogen-bond acceptors (Lipinski definition) is 4. The normalized spacial score (nSPS) is 11.7. The molecule has 0 aliphatic rings. The number of halogens is 4. The van der Waals surface area contributed by atoms with E-state index in [1.807, 2.05) is 0 Å². The number of nitrogens with one attached hydrogen (secondary N) is 1. The van der Waals surface area contributed by atoms with Crippen LogP contribution in [-0.4, -0.2) is 20.5 Å². The highest BCUT2D eigenvalue weighted by molar-refractivity contribution is 6.21. The van der Waals surface area contributed by atoms with Crippen LogP contribution in [0, 0.1) is 5.82 Å². The first kappa shape index (κ1) is 19.0. The largest absolute Gasteiger partial charge is 0.463 e. The predicted molar refractivity (Wildman–Crippen MR) is 98.0 cm³/mol. The number of carbonyl (C=O) groups excluding carboxylic acids is 1. The molecule has 1 aromatic carbocycles. The van der Waals surface area contributed by atoms with E-state index >= 15 is 0 Å². The van der Waals surface area contributed by atoms with Crippen molar-refractivity contribution in [1.82, 2.24) is 19.9 Å². The second kappa shape index (κ2) is 7.25. The Morgan fingerprint density at radius 2 is 1.97 bits per heavy atom. The molecule has 0 aliphatic carbocycles. The molecule has 0 saturated carbocycles. The molecule has 3 heterocycles. The Kier molecular flexibility index (Phi) is 4.75. The molecule has 10 heteroatoms. The van der Waals surface area contributed by atoms with Crippen molar-refractivity contribution in [2.45, 2.75) is 11.9 Å². The van der Waals surface area contributed by atoms with Crippen molar-refractivity contribution in [2.75, 3.05) is 0 Å². The van der Waals surface area contributed by atoms with Gasteiger partial charge in [0.1, 0.15) is 17.2 Å². The summed E-state index contributed by atoms with van der Waals surface area (Å²) in [5.74, 6) is -0.741. The van der Waals surface area contributed by atoms with E-state index in [0.29, 0.717) is 5.56 Å². The van der Waals surface area contributed by atoms with Gasteiger partial charge in [0.15, 0.2) is 17.1 Å². The molecule has 4 aromatic rings. The number of nitrogens with zero attached hydrogens (tertiary/aromatic N) is 3. The minimum atomic E-state index is -3.75. The van der Waals surface area contributed by atoms with Gasteiger partial charge in [-0.3, -0.25) is 4.79 Å². The third-order valence-corrected chi connectivity index (χ3v) is 4.28. The van der Waals surface area contributed by atoms with Crippen molar-refractivity contribution >= 4 is 23.2 Å². The lowest BCUT2D eigenvalue weighted by molar-refractivity contribution is 0.0866. The van der Waals surface area contributed by atoms with Crippen molar-refractivity contribution in [3.05, 3.63) is 77.6 Å². The first-order valence-corrected chi connectivity index (χ1v) is 8.73. The van der Waals surface area contributed by atoms with Crippen LogP contribution in [0.2, 0.25) is 0 Å². The zero-order chi connectivity index (χ0) is 20.6. The molecule has 0 radical (unpaired) electrons. The van der Waals surface area contributed by atoms with E-state index in [1.54, 1.807) is 12.1 Å². The Labute approximate surface area is 166 Å². The molecular formula is C19H12ClF3N4O2. The average molecular weight is 421 g/mol. The summed E-state index contributed by atoms with van der Waals surface area (Å²) in [5.41, 5.74) is -0.00148. The Morgan fingerprint density at radius 3 is 2.62 bits per heavy atom. The standard InChI is InChI=1S/C19H12ClF3N4O2/c20-19(22,23)16-8-13(15-2-1-7-29-15)25-17-9-14(26-27(16)17)18(28)24-10-11-3-5-12(21)6-4-11/h1-9H,10H2,(H,24,28). The van der Waals surface area contributed by atoms with E-state index in [0.717, 1.165) is 10.6 Å². The Hall–Kier alpha value is -3.33. The van der Waals surface area contributed by atoms with Gasteiger partial charge >= 0.3 is 5.38 Å². The molecule has 1 N–H and O–H groups in total. The maximum Gasteiger partial charge on any atom is 0.364 e. The van der Waals surface area contributed by atoms with Crippen LogP contribution in [0.5, 0.6) is 0 Å². The summed E-state index contributed by atoms with van der Waals surface area (Å²) >= 11 is 5.23. The van der Waals surface area contributed by atoms with Gasteiger partial charge in [0.25, 0.3) is 5.91 Å². The lowest BCUT2D eigenvalue weighted by Gasteiger charge is -2.11. The van der Waals surface area contributed by atoms with E-state index < -0.39 is 22.8 Å². The molecule has 4 rings (SSSR count). The Bertz CT molecular complexity index is 1170. The number of amides is 1. The Balaban J connectivity index is 1.67. The second-order valence-corrected chi connectivity index (χ2v) is 6.59. The van der Waals surface area contributed by atoms with E-state index in [1.165, 1.54) is 36.6 Å². The maximum atomic E-state index is 13.9. The van der Waals surface area contributed by atoms with Gasteiger partial charge in [0, 0.05) is 12.6 Å². The summed E-state index contributed by atoms with van der Waals surface area (Å²) in [6.07, 6.45) is 1.38. The summed E-state index contributed by atoms with van der Waals surface area (Å²) in [5, 5.41) is 2.75. The quantitative estimate of drug-likeness (QED) is 0.487. The lowest BCUT2D eigenvalue weighted by Crippen LogP contribution is -2.23. The van der Waals surface area contributed by atoms with Gasteiger partial charge < -0.3 is 9.73 Å². The van der Waals surface area contributed by atoms with E-state index in [2.05, 4.69) is 15.4 Å². The van der Waals surface area contributed by atoms with E-state index in [9.17, 15) is 18.0 Å². The van der Waals surface area contributed by atoms with E-state index in [4.69, 9.17) is 16.0 Å². The topological polar surface area (TPSA) is 72.4 Å². The SMILES string of the molecule is O=C(NCc1ccc(F)cc1)c1cc2nc(-c3ccco3)cc(C(F)(F)Cl)n2n1. The fourth-order valence-electron chi connectivity index (χ4n) is 2.71. The van der Waals surface area contributed by atoms with Gasteiger partial charge in [-0.2, -0.15) is 13.9 Å². The predicted octanol–water partition coefficient (Wildman–Crippen LogP) is 4.35. The smallest absolute Gasteiger partial charge is 0.364 e. The highest BCUT2D eigenvalue weighted by atomic mass is 35.5. The first-order chi connectivity index (χ1) is 13.8. The van der Waals surface area contributed by atoms with Crippen LogP contribution in [0.3, 0.4) is 0 Å². The summed E-state index contributed by atoms with van der Waals surface area (Å²) < 4.78 is 46.8. The molecule has 148 valence electrons. The molecule has 3 aromatic heterocycles. The Morgan fingerprint density at radius 1 is 1.21 bits per heavy atom. The molecule has 29 heavy (non-hydrogen) atoms. The van der Waals surface area contributed by atoms with Crippen LogP contribution in [-0.2, 0) is 11.9 Å². The van der Waals surface area contributed by atoms with Crippen LogP contribution in [0.15, 0.2) is 59.2 Å². The van der Waals surface area contributed by atoms with Crippen molar-refractivity contribution in [1.29, 1.82) is 0 Å². The van der Waals surface area contributed by atoms with Crippen molar-refractivity contribution in [3.63, 3.8) is 0 Å². The fraction of sp³-hybridized carbons (Fsp3) is 0.105. The number of benzene rings is 1. The monoisotopic (exact) mass is 420 g/mol. The number of alkyl halides is 3. The van der Waals surface area contributed by atoms with Gasteiger partial charge in [-0.05, 0) is 47.5 Å². The van der Waals surface area contributed by atoms with Gasteiger partial charge in [-0.15, -0.1) is 0 Å². The molecule has 0 saturated heterocycles. The zero-order valence-electron chi connectivity index (χ0n) is 14.6. The minimum absolute atomic E-state index is 0.00107. The van der Waals surface area contributed by atoms with Gasteiger partial charge in [-0.1, -0.05) is 12.1 Å². The molecule has 0 unspecified atom stereocenters. The highest BCUT2D eigenvalue weighted by Crippen LogP contribution is 2.34. The van der Waals surface area contributed by atoms with Crippen molar-refractivity contribution in [3.8, 4) is 11.5 Å². The average Bonchev–Trinajstić information content (AvgIpc) is 3.35. The third kappa shape index (κ3) is 3.95. The highest BCUT2D eigenvalue weighted by Gasteiger charge is 2.33. The van der Waals surface area contributed by atoms with Crippen LogP contribution in [0.4, 0.5) is 13.2 Å². The van der Waals surface area contributed by atoms with Gasteiger partial charge in [0.05, 0.1) is 6.26 Å². The molecule has 1 amide bonds. The lowest BCUT2D eigenvalue weighted by atomic mass is 10.2. The fourth-order valence-corrected chi connectivity index (χ4v) is 2.85. The minimum Gasteiger partial charge on any atom is -0.463 e. The van der Waals surface area contributed by atoms with Crippen molar-refractivity contribution in [2.24, 2.45) is 0 Å². The summed E-state index contributed by atoms with van der Waals surface area (Å²) in [6.45, 7) is 0.108. The molecule has 6 nitrogen and oxygen atoms in total. The van der Waals surface area contributed by atoms with Gasteiger partial charge in [-0.25, -0.2) is 13.9 Å². The van der Waals surface area contributed by atoms with Crippen LogP contribution >= 0.6 is 11.6 Å². The number of rotatable bonds is 5. The van der Waals surface area contributed by atoms with E-state index in [-0.39, 0.29) is 29.3 Å². The molecular weight excluding hydrogens is 409 g/mol. The second-order valence-electron chi connectivity index (χ2n) is 6.11. The van der Waals surface area contributed by atoms with Gasteiger partial charge in [0.2, 0.25) is 0 Å². The first-order valence-electron chi connectivity index (χ1n) is 8.36. The number of fused-ring (bicyclic) bond motifs is 1. The number of aromatic nitrogens is 3. The molecule has 0 spiro atoms. The number of furan rings is 1. The van der Waals surface area contributed by atoms with Crippen molar-refractivity contribution < 1.29 is 22.4 Å². The van der Waals surface area contributed by atoms with Crippen LogP contribution < -0.4 is 5.32 Å². The number of carbonyl (C=O) groups is 1. The number of hydrogen-bond donors (Lipinski definition) is 1. The van der Waals surface area contributed by atoms with Crippen LogP contribution in [0.25, 0.3) is 17.1 Å². The van der Waals surface area contributed by atoms with Crippen LogP contribution in [0.1, 0.15) is 21.7 Å². The zero-order valence-corrected chi connectivity index (χ0v) is 15.3. The third-order valence-electron chi connectivity index (χ3n) is 4.09.